The maximum atomic E-state index is 11.8. The zero-order chi connectivity index (χ0) is 31.5. The summed E-state index contributed by atoms with van der Waals surface area (Å²) < 4.78 is 4.71. The molecule has 2 heterocycles. The van der Waals surface area contributed by atoms with E-state index in [0.717, 1.165) is 50.9 Å². The average molecular weight is 603 g/mol. The molecule has 7 aromatic carbocycles. The summed E-state index contributed by atoms with van der Waals surface area (Å²) in [6.07, 6.45) is 0.943. The summed E-state index contributed by atoms with van der Waals surface area (Å²) in [6, 6.07) is 56.1. The van der Waals surface area contributed by atoms with Gasteiger partial charge in [0.1, 0.15) is 6.29 Å². The van der Waals surface area contributed by atoms with E-state index in [4.69, 9.17) is 0 Å². The number of rotatable bonds is 5. The number of carbonyl (C=O) groups is 1. The molecule has 0 saturated heterocycles. The fourth-order valence-electron chi connectivity index (χ4n) is 7.33. The molecule has 0 fully saturated rings. The summed E-state index contributed by atoms with van der Waals surface area (Å²) >= 11 is 0. The molecular weight excluding hydrogens is 572 g/mol. The van der Waals surface area contributed by atoms with Crippen LogP contribution >= 0.6 is 0 Å². The van der Waals surface area contributed by atoms with Crippen molar-refractivity contribution in [1.29, 1.82) is 0 Å². The van der Waals surface area contributed by atoms with Gasteiger partial charge in [0.15, 0.2) is 0 Å². The van der Waals surface area contributed by atoms with Gasteiger partial charge in [-0.25, -0.2) is 0 Å². The third-order valence-corrected chi connectivity index (χ3v) is 9.61. The predicted octanol–water partition coefficient (Wildman–Crippen LogP) is 11.3. The third kappa shape index (κ3) is 4.24. The molecule has 0 unspecified atom stereocenters. The molecule has 3 nitrogen and oxygen atoms in total. The number of hydrogen-bond acceptors (Lipinski definition) is 1. The number of carbonyl (C=O) groups excluding carboxylic acids is 1. The maximum absolute atomic E-state index is 11.8. The zero-order valence-corrected chi connectivity index (χ0v) is 25.9. The molecule has 3 heteroatoms. The van der Waals surface area contributed by atoms with Crippen molar-refractivity contribution in [2.24, 2.45) is 0 Å². The molecule has 47 heavy (non-hydrogen) atoms. The second-order valence-electron chi connectivity index (χ2n) is 12.2. The number of aromatic nitrogens is 2. The van der Waals surface area contributed by atoms with E-state index < -0.39 is 0 Å². The van der Waals surface area contributed by atoms with Gasteiger partial charge in [0.2, 0.25) is 0 Å². The molecule has 0 aliphatic carbocycles. The number of hydrogen-bond donors (Lipinski definition) is 0. The molecule has 9 rings (SSSR count). The first-order valence-corrected chi connectivity index (χ1v) is 16.0. The lowest BCUT2D eigenvalue weighted by Gasteiger charge is -2.10. The molecule has 0 bridgehead atoms. The van der Waals surface area contributed by atoms with Gasteiger partial charge in [-0.05, 0) is 101 Å². The SMILES string of the molecule is Cc1c(C=O)cccc1-c1ccc2c(c1)c1cc(-c3ccc4c(c3)c3ccccc3n4-c3ccccc3)ccc1n2-c1ccccc1. The number of benzene rings is 7. The smallest absolute Gasteiger partial charge is 0.150 e. The Hall–Kier alpha value is -6.19. The monoisotopic (exact) mass is 602 g/mol. The number of para-hydroxylation sites is 3. The highest BCUT2D eigenvalue weighted by Gasteiger charge is 2.17. The van der Waals surface area contributed by atoms with E-state index in [2.05, 4.69) is 155 Å². The van der Waals surface area contributed by atoms with E-state index in [1.807, 2.05) is 19.1 Å². The van der Waals surface area contributed by atoms with Crippen LogP contribution in [-0.2, 0) is 0 Å². The van der Waals surface area contributed by atoms with Crippen LogP contribution in [0, 0.1) is 6.92 Å². The lowest BCUT2D eigenvalue weighted by atomic mass is 9.95. The topological polar surface area (TPSA) is 26.9 Å². The Morgan fingerprint density at radius 3 is 1.47 bits per heavy atom. The molecule has 0 N–H and O–H groups in total. The van der Waals surface area contributed by atoms with E-state index in [-0.39, 0.29) is 0 Å². The van der Waals surface area contributed by atoms with Crippen molar-refractivity contribution in [3.63, 3.8) is 0 Å². The molecule has 0 spiro atoms. The van der Waals surface area contributed by atoms with Crippen LogP contribution in [0.15, 0.2) is 158 Å². The number of nitrogens with zero attached hydrogens (tertiary/aromatic N) is 2. The Morgan fingerprint density at radius 2 is 0.894 bits per heavy atom. The second kappa shape index (κ2) is 10.7. The first-order valence-electron chi connectivity index (χ1n) is 16.0. The van der Waals surface area contributed by atoms with Crippen LogP contribution in [0.2, 0.25) is 0 Å². The molecule has 9 aromatic rings. The Bertz CT molecular complexity index is 2640. The lowest BCUT2D eigenvalue weighted by Crippen LogP contribution is -1.93. The minimum Gasteiger partial charge on any atom is -0.309 e. The molecule has 0 radical (unpaired) electrons. The van der Waals surface area contributed by atoms with Gasteiger partial charge in [0.05, 0.1) is 22.1 Å². The van der Waals surface area contributed by atoms with Crippen molar-refractivity contribution < 1.29 is 4.79 Å². The fraction of sp³-hybridized carbons (Fsp3) is 0.0227. The van der Waals surface area contributed by atoms with Crippen LogP contribution in [0.25, 0.3) is 77.2 Å². The highest BCUT2D eigenvalue weighted by molar-refractivity contribution is 6.13. The molecule has 2 aromatic heterocycles. The maximum Gasteiger partial charge on any atom is 0.150 e. The largest absolute Gasteiger partial charge is 0.309 e. The predicted molar refractivity (Wildman–Crippen MR) is 196 cm³/mol. The van der Waals surface area contributed by atoms with E-state index in [9.17, 15) is 4.79 Å². The average Bonchev–Trinajstić information content (AvgIpc) is 3.64. The van der Waals surface area contributed by atoms with E-state index in [1.165, 1.54) is 43.7 Å². The normalized spacial score (nSPS) is 11.6. The van der Waals surface area contributed by atoms with Crippen LogP contribution in [0.1, 0.15) is 15.9 Å². The van der Waals surface area contributed by atoms with Crippen molar-refractivity contribution in [3.05, 3.63) is 169 Å². The second-order valence-corrected chi connectivity index (χ2v) is 12.2. The van der Waals surface area contributed by atoms with Crippen molar-refractivity contribution in [1.82, 2.24) is 9.13 Å². The van der Waals surface area contributed by atoms with Gasteiger partial charge in [0, 0.05) is 38.5 Å². The fourth-order valence-corrected chi connectivity index (χ4v) is 7.33. The van der Waals surface area contributed by atoms with Gasteiger partial charge in [-0.3, -0.25) is 4.79 Å². The van der Waals surface area contributed by atoms with Gasteiger partial charge >= 0.3 is 0 Å². The van der Waals surface area contributed by atoms with Crippen LogP contribution in [0.5, 0.6) is 0 Å². The summed E-state index contributed by atoms with van der Waals surface area (Å²) in [5.41, 5.74) is 13.2. The van der Waals surface area contributed by atoms with Gasteiger partial charge in [-0.2, -0.15) is 0 Å². The molecular formula is C44H30N2O. The molecule has 0 aliphatic heterocycles. The number of fused-ring (bicyclic) bond motifs is 6. The van der Waals surface area contributed by atoms with E-state index in [1.54, 1.807) is 0 Å². The van der Waals surface area contributed by atoms with Crippen LogP contribution in [0.3, 0.4) is 0 Å². The van der Waals surface area contributed by atoms with Gasteiger partial charge in [0.25, 0.3) is 0 Å². The van der Waals surface area contributed by atoms with Gasteiger partial charge in [-0.15, -0.1) is 0 Å². The molecule has 0 saturated carbocycles. The molecule has 222 valence electrons. The van der Waals surface area contributed by atoms with Crippen molar-refractivity contribution in [3.8, 4) is 33.6 Å². The van der Waals surface area contributed by atoms with Gasteiger partial charge < -0.3 is 9.13 Å². The minimum absolute atomic E-state index is 0.723. The standard InChI is InChI=1S/C44H30N2O/c1-29-33(28-47)11-10-17-36(29)32-21-24-44-40(27-32)39-26-31(20-23-43(39)46(44)35-14-6-3-7-15-35)30-19-22-42-38(25-30)37-16-8-9-18-41(37)45(42)34-12-4-2-5-13-34/h2-28H,1H3. The summed E-state index contributed by atoms with van der Waals surface area (Å²) in [6.45, 7) is 2.03. The van der Waals surface area contributed by atoms with Crippen molar-refractivity contribution >= 4 is 49.9 Å². The quantitative estimate of drug-likeness (QED) is 0.180. The lowest BCUT2D eigenvalue weighted by molar-refractivity contribution is 0.112. The highest BCUT2D eigenvalue weighted by Crippen LogP contribution is 2.39. The molecule has 0 amide bonds. The summed E-state index contributed by atoms with van der Waals surface area (Å²) in [4.78, 5) is 11.8. The third-order valence-electron chi connectivity index (χ3n) is 9.61. The summed E-state index contributed by atoms with van der Waals surface area (Å²) in [5, 5.41) is 4.86. The van der Waals surface area contributed by atoms with Crippen molar-refractivity contribution in [2.75, 3.05) is 0 Å². The minimum atomic E-state index is 0.723. The number of aldehydes is 1. The zero-order valence-electron chi connectivity index (χ0n) is 25.9. The Kier molecular flexibility index (Phi) is 6.19. The highest BCUT2D eigenvalue weighted by atomic mass is 16.1. The molecule has 0 atom stereocenters. The summed E-state index contributed by atoms with van der Waals surface area (Å²) in [7, 11) is 0. The Labute approximate surface area is 272 Å². The summed E-state index contributed by atoms with van der Waals surface area (Å²) in [5.74, 6) is 0. The first kappa shape index (κ1) is 27.1. The van der Waals surface area contributed by atoms with E-state index >= 15 is 0 Å². The molecule has 0 aliphatic rings. The van der Waals surface area contributed by atoms with Crippen LogP contribution in [-0.4, -0.2) is 15.4 Å². The Balaban J connectivity index is 1.28. The Morgan fingerprint density at radius 1 is 0.426 bits per heavy atom. The van der Waals surface area contributed by atoms with Crippen LogP contribution < -0.4 is 0 Å². The van der Waals surface area contributed by atoms with Crippen LogP contribution in [0.4, 0.5) is 0 Å². The van der Waals surface area contributed by atoms with Crippen molar-refractivity contribution in [2.45, 2.75) is 6.92 Å². The van der Waals surface area contributed by atoms with Gasteiger partial charge in [-0.1, -0.05) is 91.0 Å². The first-order chi connectivity index (χ1) is 23.2. The van der Waals surface area contributed by atoms with E-state index in [0.29, 0.717) is 0 Å².